The first-order chi connectivity index (χ1) is 11.2. The van der Waals surface area contributed by atoms with Gasteiger partial charge >= 0.3 is 0 Å². The third-order valence-electron chi connectivity index (χ3n) is 5.32. The van der Waals surface area contributed by atoms with Crippen molar-refractivity contribution in [3.63, 3.8) is 0 Å². The van der Waals surface area contributed by atoms with E-state index in [1.165, 1.54) is 51.4 Å². The molecule has 1 saturated carbocycles. The molecule has 5 heteroatoms. The smallest absolute Gasteiger partial charge is 0.239 e. The van der Waals surface area contributed by atoms with Crippen molar-refractivity contribution in [2.75, 3.05) is 33.2 Å². The Kier molecular flexibility index (Phi) is 7.18. The van der Waals surface area contributed by atoms with E-state index in [4.69, 9.17) is 0 Å². The highest BCUT2D eigenvalue weighted by Crippen LogP contribution is 2.42. The van der Waals surface area contributed by atoms with Crippen LogP contribution < -0.4 is 10.6 Å². The quantitative estimate of drug-likeness (QED) is 0.618. The fourth-order valence-electron chi connectivity index (χ4n) is 4.09. The Labute approximate surface area is 141 Å². The van der Waals surface area contributed by atoms with Crippen LogP contribution in [0.25, 0.3) is 0 Å². The van der Waals surface area contributed by atoms with E-state index < -0.39 is 0 Å². The summed E-state index contributed by atoms with van der Waals surface area (Å²) in [7, 11) is 1.82. The van der Waals surface area contributed by atoms with Crippen LogP contribution in [-0.4, -0.2) is 50.0 Å². The van der Waals surface area contributed by atoms with Gasteiger partial charge < -0.3 is 15.5 Å². The van der Waals surface area contributed by atoms with Gasteiger partial charge in [0.05, 0.1) is 6.54 Å². The second kappa shape index (κ2) is 9.14. The van der Waals surface area contributed by atoms with Crippen LogP contribution in [0.4, 0.5) is 0 Å². The molecule has 0 aromatic heterocycles. The maximum Gasteiger partial charge on any atom is 0.239 e. The molecule has 2 N–H and O–H groups in total. The summed E-state index contributed by atoms with van der Waals surface area (Å²) in [5, 5.41) is 6.15. The molecule has 0 radical (unpaired) electrons. The zero-order chi connectivity index (χ0) is 16.5. The molecule has 1 aliphatic carbocycles. The number of carbonyl (C=O) groups excluding carboxylic acids is 1. The number of nitrogens with one attached hydrogen (secondary N) is 2. The van der Waals surface area contributed by atoms with Crippen molar-refractivity contribution in [3.05, 3.63) is 0 Å². The van der Waals surface area contributed by atoms with E-state index in [9.17, 15) is 4.79 Å². The van der Waals surface area contributed by atoms with Crippen molar-refractivity contribution in [1.82, 2.24) is 15.5 Å². The molecule has 0 unspecified atom stereocenters. The van der Waals surface area contributed by atoms with Gasteiger partial charge in [-0.15, -0.1) is 0 Å². The van der Waals surface area contributed by atoms with Gasteiger partial charge in [0.2, 0.25) is 5.91 Å². The summed E-state index contributed by atoms with van der Waals surface area (Å²) in [5.74, 6) is 0.939. The van der Waals surface area contributed by atoms with E-state index >= 15 is 0 Å². The molecule has 2 rings (SSSR count). The summed E-state index contributed by atoms with van der Waals surface area (Å²) < 4.78 is 0. The normalized spacial score (nSPS) is 21.8. The summed E-state index contributed by atoms with van der Waals surface area (Å²) in [6, 6.07) is 0. The second-order valence-electron chi connectivity index (χ2n) is 7.19. The summed E-state index contributed by atoms with van der Waals surface area (Å²) in [5.41, 5.74) is 0.483. The number of hydrogen-bond donors (Lipinski definition) is 2. The number of carbonyl (C=O) groups is 1. The van der Waals surface area contributed by atoms with Crippen molar-refractivity contribution >= 4 is 11.9 Å². The van der Waals surface area contributed by atoms with E-state index in [2.05, 4.69) is 27.4 Å². The fraction of sp³-hybridized carbons (Fsp3) is 0.889. The number of amides is 1. The van der Waals surface area contributed by atoms with Gasteiger partial charge in [0, 0.05) is 26.7 Å². The second-order valence-corrected chi connectivity index (χ2v) is 7.19. The molecule has 23 heavy (non-hydrogen) atoms. The molecule has 1 heterocycles. The van der Waals surface area contributed by atoms with Gasteiger partial charge in [-0.05, 0) is 37.5 Å². The molecule has 132 valence electrons. The molecule has 2 aliphatic rings. The number of nitrogens with zero attached hydrogens (tertiary/aromatic N) is 2. The zero-order valence-electron chi connectivity index (χ0n) is 15.0. The minimum absolute atomic E-state index is 0.0502. The van der Waals surface area contributed by atoms with Crippen LogP contribution in [0.3, 0.4) is 0 Å². The average molecular weight is 322 g/mol. The summed E-state index contributed by atoms with van der Waals surface area (Å²) >= 11 is 0. The van der Waals surface area contributed by atoms with E-state index in [-0.39, 0.29) is 5.91 Å². The van der Waals surface area contributed by atoms with Crippen LogP contribution in [0, 0.1) is 5.41 Å². The molecule has 0 bridgehead atoms. The highest BCUT2D eigenvalue weighted by atomic mass is 16.1. The van der Waals surface area contributed by atoms with Crippen LogP contribution >= 0.6 is 0 Å². The molecule has 1 spiro atoms. The van der Waals surface area contributed by atoms with Crippen molar-refractivity contribution in [3.8, 4) is 0 Å². The van der Waals surface area contributed by atoms with Crippen molar-refractivity contribution in [2.24, 2.45) is 10.4 Å². The topological polar surface area (TPSA) is 56.7 Å². The molecular weight excluding hydrogens is 288 g/mol. The predicted molar refractivity (Wildman–Crippen MR) is 95.6 cm³/mol. The maximum absolute atomic E-state index is 11.8. The van der Waals surface area contributed by atoms with Crippen LogP contribution in [-0.2, 0) is 4.79 Å². The Morgan fingerprint density at radius 2 is 1.78 bits per heavy atom. The maximum atomic E-state index is 11.8. The summed E-state index contributed by atoms with van der Waals surface area (Å²) in [6.45, 7) is 5.27. The fourth-order valence-corrected chi connectivity index (χ4v) is 4.09. The Bertz CT molecular complexity index is 400. The summed E-state index contributed by atoms with van der Waals surface area (Å²) in [4.78, 5) is 18.6. The Balaban J connectivity index is 1.88. The third-order valence-corrected chi connectivity index (χ3v) is 5.32. The summed E-state index contributed by atoms with van der Waals surface area (Å²) in [6.07, 6.45) is 11.8. The minimum Gasteiger partial charge on any atom is -0.355 e. The molecule has 5 nitrogen and oxygen atoms in total. The lowest BCUT2D eigenvalue weighted by Gasteiger charge is -2.44. The van der Waals surface area contributed by atoms with Crippen LogP contribution in [0.2, 0.25) is 0 Å². The monoisotopic (exact) mass is 322 g/mol. The lowest BCUT2D eigenvalue weighted by atomic mass is 9.74. The van der Waals surface area contributed by atoms with Gasteiger partial charge in [-0.1, -0.05) is 32.6 Å². The van der Waals surface area contributed by atoms with Gasteiger partial charge in [-0.25, -0.2) is 0 Å². The Morgan fingerprint density at radius 3 is 2.43 bits per heavy atom. The highest BCUT2D eigenvalue weighted by molar-refractivity contribution is 5.86. The molecular formula is C18H34N4O. The lowest BCUT2D eigenvalue weighted by Crippen LogP contribution is -2.52. The molecule has 1 saturated heterocycles. The predicted octanol–water partition coefficient (Wildman–Crippen LogP) is 2.52. The number of guanidine groups is 1. The largest absolute Gasteiger partial charge is 0.355 e. The first-order valence-corrected chi connectivity index (χ1v) is 9.41. The highest BCUT2D eigenvalue weighted by Gasteiger charge is 2.36. The number of aliphatic imine (C=N–C) groups is 1. The number of rotatable bonds is 4. The van der Waals surface area contributed by atoms with Crippen molar-refractivity contribution in [2.45, 2.75) is 64.7 Å². The molecule has 0 aromatic rings. The lowest BCUT2D eigenvalue weighted by molar-refractivity contribution is -0.120. The van der Waals surface area contributed by atoms with Gasteiger partial charge in [0.1, 0.15) is 0 Å². The zero-order valence-corrected chi connectivity index (χ0v) is 15.0. The van der Waals surface area contributed by atoms with Crippen LogP contribution in [0.5, 0.6) is 0 Å². The Hall–Kier alpha value is -1.26. The Morgan fingerprint density at radius 1 is 1.09 bits per heavy atom. The van der Waals surface area contributed by atoms with Gasteiger partial charge in [0.15, 0.2) is 5.96 Å². The standard InChI is InChI=1S/C18H34N4O/c1-3-12-20-16(23)14-21-17(19-2)22-13-8-11-18(15-22)9-6-4-5-7-10-18/h3-15H2,1-2H3,(H,19,21)(H,20,23). The SMILES string of the molecule is CCCNC(=O)CNC(=NC)N1CCCC2(CCCCCC2)C1. The number of hydrogen-bond acceptors (Lipinski definition) is 2. The third kappa shape index (κ3) is 5.40. The molecule has 0 aromatic carbocycles. The van der Waals surface area contributed by atoms with E-state index in [0.717, 1.165) is 32.0 Å². The van der Waals surface area contributed by atoms with Gasteiger partial charge in [0.25, 0.3) is 0 Å². The van der Waals surface area contributed by atoms with Crippen LogP contribution in [0.1, 0.15) is 64.7 Å². The van der Waals surface area contributed by atoms with Crippen molar-refractivity contribution in [1.29, 1.82) is 0 Å². The van der Waals surface area contributed by atoms with Crippen molar-refractivity contribution < 1.29 is 4.79 Å². The van der Waals surface area contributed by atoms with E-state index in [1.807, 2.05) is 7.05 Å². The molecule has 0 atom stereocenters. The van der Waals surface area contributed by atoms with Crippen LogP contribution in [0.15, 0.2) is 4.99 Å². The van der Waals surface area contributed by atoms with Gasteiger partial charge in [-0.2, -0.15) is 0 Å². The first kappa shape index (κ1) is 18.1. The number of likely N-dealkylation sites (tertiary alicyclic amines) is 1. The van der Waals surface area contributed by atoms with E-state index in [1.54, 1.807) is 0 Å². The first-order valence-electron chi connectivity index (χ1n) is 9.41. The molecule has 1 amide bonds. The number of piperidine rings is 1. The average Bonchev–Trinajstić information content (AvgIpc) is 2.79. The van der Waals surface area contributed by atoms with Gasteiger partial charge in [-0.3, -0.25) is 9.79 Å². The minimum atomic E-state index is 0.0502. The molecule has 2 fully saturated rings. The van der Waals surface area contributed by atoms with E-state index in [0.29, 0.717) is 12.0 Å². The molecule has 1 aliphatic heterocycles.